The lowest BCUT2D eigenvalue weighted by Crippen LogP contribution is -2.19. The van der Waals surface area contributed by atoms with E-state index >= 15 is 0 Å². The summed E-state index contributed by atoms with van der Waals surface area (Å²) < 4.78 is 0. The van der Waals surface area contributed by atoms with Crippen molar-refractivity contribution in [3.63, 3.8) is 0 Å². The highest BCUT2D eigenvalue weighted by molar-refractivity contribution is 5.28. The predicted molar refractivity (Wildman–Crippen MR) is 70.1 cm³/mol. The molecule has 1 aliphatic carbocycles. The summed E-state index contributed by atoms with van der Waals surface area (Å²) in [6.07, 6.45) is 3.63. The normalized spacial score (nSPS) is 17.2. The summed E-state index contributed by atoms with van der Waals surface area (Å²) in [5.41, 5.74) is 3.82. The lowest BCUT2D eigenvalue weighted by atomic mass is 10.1. The third-order valence-corrected chi connectivity index (χ3v) is 3.69. The molecule has 1 aromatic heterocycles. The van der Waals surface area contributed by atoms with Crippen LogP contribution in [-0.4, -0.2) is 16.5 Å². The SMILES string of the molecule is CCCNCc1c(C)nc(C2(C)CC2)nc1C. The van der Waals surface area contributed by atoms with Crippen molar-refractivity contribution in [2.75, 3.05) is 6.54 Å². The molecule has 0 unspecified atom stereocenters. The molecule has 94 valence electrons. The second-order valence-electron chi connectivity index (χ2n) is 5.43. The third-order valence-electron chi connectivity index (χ3n) is 3.69. The smallest absolute Gasteiger partial charge is 0.134 e. The quantitative estimate of drug-likeness (QED) is 0.794. The average molecular weight is 233 g/mol. The first kappa shape index (κ1) is 12.5. The van der Waals surface area contributed by atoms with Gasteiger partial charge in [-0.3, -0.25) is 0 Å². The maximum Gasteiger partial charge on any atom is 0.134 e. The van der Waals surface area contributed by atoms with Crippen molar-refractivity contribution in [1.29, 1.82) is 0 Å². The van der Waals surface area contributed by atoms with Crippen LogP contribution in [0, 0.1) is 13.8 Å². The van der Waals surface area contributed by atoms with Gasteiger partial charge in [-0.1, -0.05) is 13.8 Å². The number of hydrogen-bond acceptors (Lipinski definition) is 3. The van der Waals surface area contributed by atoms with E-state index in [1.807, 2.05) is 0 Å². The van der Waals surface area contributed by atoms with E-state index < -0.39 is 0 Å². The van der Waals surface area contributed by atoms with Crippen LogP contribution in [0.4, 0.5) is 0 Å². The zero-order chi connectivity index (χ0) is 12.5. The van der Waals surface area contributed by atoms with E-state index in [2.05, 4.69) is 33.0 Å². The standard InChI is InChI=1S/C14H23N3/c1-5-8-15-9-12-10(2)16-13(17-11(12)3)14(4)6-7-14/h15H,5-9H2,1-4H3. The summed E-state index contributed by atoms with van der Waals surface area (Å²) in [5, 5.41) is 3.43. The molecule has 0 atom stereocenters. The number of aromatic nitrogens is 2. The van der Waals surface area contributed by atoms with Gasteiger partial charge in [0.1, 0.15) is 5.82 Å². The van der Waals surface area contributed by atoms with Crippen molar-refractivity contribution in [3.8, 4) is 0 Å². The Balaban J connectivity index is 2.17. The van der Waals surface area contributed by atoms with Crippen LogP contribution >= 0.6 is 0 Å². The Labute approximate surface area is 104 Å². The van der Waals surface area contributed by atoms with E-state index in [9.17, 15) is 0 Å². The molecule has 1 aromatic rings. The fourth-order valence-electron chi connectivity index (χ4n) is 2.07. The van der Waals surface area contributed by atoms with Crippen LogP contribution in [0.2, 0.25) is 0 Å². The van der Waals surface area contributed by atoms with Crippen molar-refractivity contribution in [3.05, 3.63) is 22.8 Å². The zero-order valence-electron chi connectivity index (χ0n) is 11.4. The van der Waals surface area contributed by atoms with Gasteiger partial charge >= 0.3 is 0 Å². The van der Waals surface area contributed by atoms with Crippen LogP contribution in [0.25, 0.3) is 0 Å². The Morgan fingerprint density at radius 3 is 2.24 bits per heavy atom. The van der Waals surface area contributed by atoms with E-state index in [1.54, 1.807) is 0 Å². The summed E-state index contributed by atoms with van der Waals surface area (Å²) in [4.78, 5) is 9.39. The lowest BCUT2D eigenvalue weighted by molar-refractivity contribution is 0.648. The number of aryl methyl sites for hydroxylation is 2. The molecule has 0 bridgehead atoms. The monoisotopic (exact) mass is 233 g/mol. The van der Waals surface area contributed by atoms with E-state index in [4.69, 9.17) is 9.97 Å². The molecule has 0 spiro atoms. The van der Waals surface area contributed by atoms with Crippen LogP contribution in [0.5, 0.6) is 0 Å². The molecule has 1 fully saturated rings. The maximum atomic E-state index is 4.70. The van der Waals surface area contributed by atoms with E-state index in [0.717, 1.165) is 36.7 Å². The van der Waals surface area contributed by atoms with Gasteiger partial charge in [-0.15, -0.1) is 0 Å². The summed E-state index contributed by atoms with van der Waals surface area (Å²) in [6.45, 7) is 10.6. The molecule has 2 rings (SSSR count). The van der Waals surface area contributed by atoms with Crippen molar-refractivity contribution in [2.24, 2.45) is 0 Å². The number of nitrogens with one attached hydrogen (secondary N) is 1. The Morgan fingerprint density at radius 2 is 1.76 bits per heavy atom. The number of hydrogen-bond donors (Lipinski definition) is 1. The minimum atomic E-state index is 0.269. The largest absolute Gasteiger partial charge is 0.313 e. The molecule has 1 saturated carbocycles. The Hall–Kier alpha value is -0.960. The highest BCUT2D eigenvalue weighted by Gasteiger charge is 2.42. The van der Waals surface area contributed by atoms with Gasteiger partial charge in [0.25, 0.3) is 0 Å². The zero-order valence-corrected chi connectivity index (χ0v) is 11.4. The molecule has 1 aliphatic rings. The molecular weight excluding hydrogens is 210 g/mol. The summed E-state index contributed by atoms with van der Waals surface area (Å²) >= 11 is 0. The molecule has 0 saturated heterocycles. The van der Waals surface area contributed by atoms with Crippen LogP contribution in [0.3, 0.4) is 0 Å². The second kappa shape index (κ2) is 4.73. The van der Waals surface area contributed by atoms with Gasteiger partial charge in [-0.25, -0.2) is 9.97 Å². The molecule has 0 aliphatic heterocycles. The first-order chi connectivity index (χ1) is 8.07. The minimum Gasteiger partial charge on any atom is -0.313 e. The highest BCUT2D eigenvalue weighted by Crippen LogP contribution is 2.46. The van der Waals surface area contributed by atoms with Crippen LogP contribution in [0.15, 0.2) is 0 Å². The molecule has 0 amide bonds. The van der Waals surface area contributed by atoms with Gasteiger partial charge in [0.15, 0.2) is 0 Å². The van der Waals surface area contributed by atoms with Gasteiger partial charge < -0.3 is 5.32 Å². The first-order valence-corrected chi connectivity index (χ1v) is 6.62. The molecule has 3 nitrogen and oxygen atoms in total. The Kier molecular flexibility index (Phi) is 3.48. The molecule has 1 heterocycles. The topological polar surface area (TPSA) is 37.8 Å². The van der Waals surface area contributed by atoms with Crippen molar-refractivity contribution < 1.29 is 0 Å². The van der Waals surface area contributed by atoms with E-state index in [1.165, 1.54) is 18.4 Å². The fourth-order valence-corrected chi connectivity index (χ4v) is 2.07. The first-order valence-electron chi connectivity index (χ1n) is 6.62. The summed E-state index contributed by atoms with van der Waals surface area (Å²) in [6, 6.07) is 0. The fraction of sp³-hybridized carbons (Fsp3) is 0.714. The van der Waals surface area contributed by atoms with Gasteiger partial charge in [0, 0.05) is 28.9 Å². The van der Waals surface area contributed by atoms with Crippen molar-refractivity contribution in [2.45, 2.75) is 58.9 Å². The molecule has 0 aromatic carbocycles. The van der Waals surface area contributed by atoms with Gasteiger partial charge in [0.2, 0.25) is 0 Å². The molecule has 17 heavy (non-hydrogen) atoms. The van der Waals surface area contributed by atoms with Crippen molar-refractivity contribution in [1.82, 2.24) is 15.3 Å². The van der Waals surface area contributed by atoms with Crippen LogP contribution < -0.4 is 5.32 Å². The van der Waals surface area contributed by atoms with Crippen LogP contribution in [-0.2, 0) is 12.0 Å². The highest BCUT2D eigenvalue weighted by atomic mass is 14.9. The van der Waals surface area contributed by atoms with Crippen LogP contribution in [0.1, 0.15) is 55.9 Å². The van der Waals surface area contributed by atoms with Gasteiger partial charge in [-0.2, -0.15) is 0 Å². The van der Waals surface area contributed by atoms with E-state index in [0.29, 0.717) is 0 Å². The summed E-state index contributed by atoms with van der Waals surface area (Å²) in [7, 11) is 0. The number of nitrogens with zero attached hydrogens (tertiary/aromatic N) is 2. The van der Waals surface area contributed by atoms with Gasteiger partial charge in [-0.05, 0) is 39.7 Å². The Bertz CT molecular complexity index is 385. The van der Waals surface area contributed by atoms with E-state index in [-0.39, 0.29) is 5.41 Å². The Morgan fingerprint density at radius 1 is 1.18 bits per heavy atom. The summed E-state index contributed by atoms with van der Waals surface area (Å²) in [5.74, 6) is 1.05. The molecule has 1 N–H and O–H groups in total. The third kappa shape index (κ3) is 2.65. The second-order valence-corrected chi connectivity index (χ2v) is 5.43. The lowest BCUT2D eigenvalue weighted by Gasteiger charge is -2.14. The van der Waals surface area contributed by atoms with Gasteiger partial charge in [0.05, 0.1) is 0 Å². The molecule has 0 radical (unpaired) electrons. The minimum absolute atomic E-state index is 0.269. The molecule has 3 heteroatoms. The number of rotatable bonds is 5. The molecular formula is C14H23N3. The average Bonchev–Trinajstić information content (AvgIpc) is 3.02. The van der Waals surface area contributed by atoms with Crippen molar-refractivity contribution >= 4 is 0 Å². The maximum absolute atomic E-state index is 4.70. The predicted octanol–water partition coefficient (Wildman–Crippen LogP) is 2.64.